The zero-order valence-electron chi connectivity index (χ0n) is 8.06. The maximum Gasteiger partial charge on any atom is 0.321 e. The molecule has 0 aromatic rings. The van der Waals surface area contributed by atoms with E-state index in [1.54, 1.807) is 0 Å². The van der Waals surface area contributed by atoms with Crippen molar-refractivity contribution in [1.82, 2.24) is 4.72 Å². The molecule has 1 fully saturated rings. The van der Waals surface area contributed by atoms with Gasteiger partial charge in [0, 0.05) is 0 Å². The van der Waals surface area contributed by atoms with Crippen molar-refractivity contribution < 1.29 is 18.3 Å². The van der Waals surface area contributed by atoms with E-state index in [2.05, 4.69) is 4.72 Å². The van der Waals surface area contributed by atoms with E-state index in [0.717, 1.165) is 12.8 Å². The van der Waals surface area contributed by atoms with Gasteiger partial charge in [-0.1, -0.05) is 12.8 Å². The van der Waals surface area contributed by atoms with Crippen LogP contribution >= 0.6 is 0 Å². The molecular weight excluding hydrogens is 206 g/mol. The second-order valence-electron chi connectivity index (χ2n) is 3.63. The Balaban J connectivity index is 2.61. The van der Waals surface area contributed by atoms with Crippen LogP contribution in [0, 0.1) is 0 Å². The lowest BCUT2D eigenvalue weighted by molar-refractivity contribution is -0.138. The molecule has 0 radical (unpaired) electrons. The molecule has 0 bridgehead atoms. The Morgan fingerprint density at radius 3 is 2.36 bits per heavy atom. The van der Waals surface area contributed by atoms with Gasteiger partial charge in [-0.25, -0.2) is 13.1 Å². The summed E-state index contributed by atoms with van der Waals surface area (Å²) in [7, 11) is -3.44. The summed E-state index contributed by atoms with van der Waals surface area (Å²) in [5, 5.41) is 8.16. The van der Waals surface area contributed by atoms with Crippen molar-refractivity contribution in [2.45, 2.75) is 43.9 Å². The third kappa shape index (κ3) is 2.68. The molecule has 1 aliphatic carbocycles. The summed E-state index contributed by atoms with van der Waals surface area (Å²) in [6.07, 6.45) is 3.10. The molecule has 6 heteroatoms. The normalized spacial score (nSPS) is 20.9. The van der Waals surface area contributed by atoms with Gasteiger partial charge in [0.25, 0.3) is 0 Å². The molecule has 14 heavy (non-hydrogen) atoms. The average molecular weight is 221 g/mol. The summed E-state index contributed by atoms with van der Waals surface area (Å²) < 4.78 is 25.3. The fraction of sp³-hybridized carbons (Fsp3) is 0.875. The molecular formula is C8H15NO4S. The Morgan fingerprint density at radius 2 is 1.93 bits per heavy atom. The van der Waals surface area contributed by atoms with Crippen LogP contribution in [0.15, 0.2) is 0 Å². The summed E-state index contributed by atoms with van der Waals surface area (Å²) in [5.74, 6) is -1.15. The number of carboxylic acid groups (broad SMARTS) is 1. The van der Waals surface area contributed by atoms with Gasteiger partial charge < -0.3 is 5.11 Å². The maximum atomic E-state index is 11.6. The van der Waals surface area contributed by atoms with Crippen LogP contribution in [-0.2, 0) is 14.8 Å². The van der Waals surface area contributed by atoms with Gasteiger partial charge in [0.05, 0.1) is 5.25 Å². The molecule has 1 rings (SSSR count). The number of aliphatic carboxylic acids is 1. The predicted molar refractivity (Wildman–Crippen MR) is 51.4 cm³/mol. The quantitative estimate of drug-likeness (QED) is 0.716. The fourth-order valence-electron chi connectivity index (χ4n) is 1.59. The van der Waals surface area contributed by atoms with E-state index in [0.29, 0.717) is 12.8 Å². The minimum atomic E-state index is -3.44. The summed E-state index contributed by atoms with van der Waals surface area (Å²) in [5.41, 5.74) is 0. The van der Waals surface area contributed by atoms with Crippen molar-refractivity contribution in [2.24, 2.45) is 0 Å². The number of rotatable bonds is 4. The molecule has 0 saturated heterocycles. The van der Waals surface area contributed by atoms with Gasteiger partial charge in [0.1, 0.15) is 6.04 Å². The van der Waals surface area contributed by atoms with Gasteiger partial charge in [-0.05, 0) is 19.8 Å². The van der Waals surface area contributed by atoms with Crippen LogP contribution in [0.1, 0.15) is 32.6 Å². The van der Waals surface area contributed by atoms with Crippen LogP contribution < -0.4 is 4.72 Å². The van der Waals surface area contributed by atoms with Crippen molar-refractivity contribution >= 4 is 16.0 Å². The minimum Gasteiger partial charge on any atom is -0.480 e. The number of hydrogen-bond donors (Lipinski definition) is 2. The summed E-state index contributed by atoms with van der Waals surface area (Å²) in [6, 6.07) is -1.04. The lowest BCUT2D eigenvalue weighted by atomic mass is 10.4. The van der Waals surface area contributed by atoms with E-state index >= 15 is 0 Å². The molecule has 1 atom stereocenters. The molecule has 2 N–H and O–H groups in total. The molecule has 82 valence electrons. The Labute approximate surface area is 83.6 Å². The number of carbonyl (C=O) groups is 1. The first-order valence-electron chi connectivity index (χ1n) is 4.67. The zero-order chi connectivity index (χ0) is 10.8. The van der Waals surface area contributed by atoms with Crippen molar-refractivity contribution in [1.29, 1.82) is 0 Å². The lowest BCUT2D eigenvalue weighted by Gasteiger charge is -2.14. The molecule has 0 heterocycles. The van der Waals surface area contributed by atoms with Crippen LogP contribution in [0.25, 0.3) is 0 Å². The molecule has 1 aliphatic rings. The summed E-state index contributed by atoms with van der Waals surface area (Å²) in [4.78, 5) is 10.5. The van der Waals surface area contributed by atoms with Gasteiger partial charge >= 0.3 is 5.97 Å². The van der Waals surface area contributed by atoms with Crippen LogP contribution in [-0.4, -0.2) is 30.8 Å². The monoisotopic (exact) mass is 221 g/mol. The van der Waals surface area contributed by atoms with Crippen LogP contribution in [0.2, 0.25) is 0 Å². The summed E-state index contributed by atoms with van der Waals surface area (Å²) >= 11 is 0. The molecule has 1 saturated carbocycles. The van der Waals surface area contributed by atoms with Crippen molar-refractivity contribution in [3.63, 3.8) is 0 Å². The Kier molecular flexibility index (Phi) is 3.49. The van der Waals surface area contributed by atoms with Gasteiger partial charge in [0.15, 0.2) is 0 Å². The molecule has 0 aliphatic heterocycles. The highest BCUT2D eigenvalue weighted by Crippen LogP contribution is 2.24. The third-order valence-corrected chi connectivity index (χ3v) is 4.48. The third-order valence-electron chi connectivity index (χ3n) is 2.45. The van der Waals surface area contributed by atoms with E-state index in [-0.39, 0.29) is 0 Å². The Morgan fingerprint density at radius 1 is 1.43 bits per heavy atom. The first kappa shape index (κ1) is 11.5. The minimum absolute atomic E-state index is 0.399. The number of carboxylic acids is 1. The van der Waals surface area contributed by atoms with Gasteiger partial charge in [-0.3, -0.25) is 4.79 Å². The molecule has 0 aromatic heterocycles. The molecule has 0 amide bonds. The van der Waals surface area contributed by atoms with E-state index in [9.17, 15) is 13.2 Å². The second-order valence-corrected chi connectivity index (χ2v) is 5.62. The Bertz CT molecular complexity index is 305. The summed E-state index contributed by atoms with van der Waals surface area (Å²) in [6.45, 7) is 1.33. The second kappa shape index (κ2) is 4.27. The van der Waals surface area contributed by atoms with Crippen LogP contribution in [0.3, 0.4) is 0 Å². The maximum absolute atomic E-state index is 11.6. The van der Waals surface area contributed by atoms with Crippen molar-refractivity contribution in [2.75, 3.05) is 0 Å². The Hall–Kier alpha value is -0.620. The number of hydrogen-bond acceptors (Lipinski definition) is 3. The largest absolute Gasteiger partial charge is 0.480 e. The number of sulfonamides is 1. The van der Waals surface area contributed by atoms with Crippen LogP contribution in [0.4, 0.5) is 0 Å². The first-order chi connectivity index (χ1) is 6.43. The molecule has 0 unspecified atom stereocenters. The number of nitrogens with one attached hydrogen (secondary N) is 1. The molecule has 5 nitrogen and oxygen atoms in total. The smallest absolute Gasteiger partial charge is 0.321 e. The van der Waals surface area contributed by atoms with Gasteiger partial charge in [0.2, 0.25) is 10.0 Å². The van der Waals surface area contributed by atoms with E-state index < -0.39 is 27.3 Å². The van der Waals surface area contributed by atoms with E-state index in [1.807, 2.05) is 0 Å². The molecule has 0 spiro atoms. The first-order valence-corrected chi connectivity index (χ1v) is 6.22. The highest BCUT2D eigenvalue weighted by Gasteiger charge is 2.30. The zero-order valence-corrected chi connectivity index (χ0v) is 8.88. The highest BCUT2D eigenvalue weighted by atomic mass is 32.2. The highest BCUT2D eigenvalue weighted by molar-refractivity contribution is 7.90. The standard InChI is InChI=1S/C8H15NO4S/c1-6(8(10)11)9-14(12,13)7-4-2-3-5-7/h6-7,9H,2-5H2,1H3,(H,10,11)/t6-/m1/s1. The SMILES string of the molecule is C[C@@H](NS(=O)(=O)C1CCCC1)C(=O)O. The topological polar surface area (TPSA) is 83.5 Å². The van der Waals surface area contributed by atoms with Gasteiger partial charge in [-0.2, -0.15) is 0 Å². The predicted octanol–water partition coefficient (Wildman–Crippen LogP) is 0.321. The van der Waals surface area contributed by atoms with Gasteiger partial charge in [-0.15, -0.1) is 0 Å². The lowest BCUT2D eigenvalue weighted by Crippen LogP contribution is -2.42. The average Bonchev–Trinajstić information content (AvgIpc) is 2.54. The van der Waals surface area contributed by atoms with Crippen molar-refractivity contribution in [3.8, 4) is 0 Å². The van der Waals surface area contributed by atoms with E-state index in [4.69, 9.17) is 5.11 Å². The van der Waals surface area contributed by atoms with Crippen LogP contribution in [0.5, 0.6) is 0 Å². The van der Waals surface area contributed by atoms with E-state index in [1.165, 1.54) is 6.92 Å². The molecule has 0 aromatic carbocycles. The fourth-order valence-corrected chi connectivity index (χ4v) is 3.33. The van der Waals surface area contributed by atoms with Crippen molar-refractivity contribution in [3.05, 3.63) is 0 Å².